The highest BCUT2D eigenvalue weighted by Gasteiger charge is 2.19. The predicted octanol–water partition coefficient (Wildman–Crippen LogP) is 5.75. The van der Waals surface area contributed by atoms with Crippen LogP contribution in [0.15, 0.2) is 76.0 Å². The number of hydrogen-bond acceptors (Lipinski definition) is 4. The largest absolute Gasteiger partial charge is 0.480 e. The maximum atomic E-state index is 12.8. The number of benzene rings is 3. The molecular formula is C29H28N2O5S. The fraction of sp³-hybridized carbons (Fsp3) is 0.172. The summed E-state index contributed by atoms with van der Waals surface area (Å²) in [5, 5.41) is 12.3. The summed E-state index contributed by atoms with van der Waals surface area (Å²) in [7, 11) is -1.61. The van der Waals surface area contributed by atoms with Gasteiger partial charge in [-0.2, -0.15) is 0 Å². The van der Waals surface area contributed by atoms with E-state index in [4.69, 9.17) is 15.9 Å². The first-order valence-corrected chi connectivity index (χ1v) is 12.8. The second-order valence-electron chi connectivity index (χ2n) is 8.13. The highest BCUT2D eigenvalue weighted by atomic mass is 32.2. The van der Waals surface area contributed by atoms with E-state index < -0.39 is 17.0 Å². The van der Waals surface area contributed by atoms with E-state index in [1.54, 1.807) is 55.5 Å². The SMILES string of the molecule is C#Cc1cccc2oc(C(=O)Nc3ccc(-c4ccc(S(=O)NCC(=O)O)cc4)cc3)c(C)c12.CCC. The van der Waals surface area contributed by atoms with E-state index in [2.05, 4.69) is 29.8 Å². The molecule has 4 rings (SSSR count). The van der Waals surface area contributed by atoms with E-state index in [0.29, 0.717) is 27.3 Å². The second-order valence-corrected chi connectivity index (χ2v) is 9.42. The first-order valence-electron chi connectivity index (χ1n) is 11.7. The molecule has 3 aromatic carbocycles. The molecule has 0 aliphatic rings. The molecule has 1 heterocycles. The lowest BCUT2D eigenvalue weighted by Gasteiger charge is -2.07. The number of fused-ring (bicyclic) bond motifs is 1. The first-order chi connectivity index (χ1) is 17.8. The van der Waals surface area contributed by atoms with Gasteiger partial charge < -0.3 is 14.8 Å². The van der Waals surface area contributed by atoms with Gasteiger partial charge >= 0.3 is 5.97 Å². The van der Waals surface area contributed by atoms with Crippen LogP contribution in [0.3, 0.4) is 0 Å². The van der Waals surface area contributed by atoms with Crippen molar-refractivity contribution in [1.29, 1.82) is 0 Å². The van der Waals surface area contributed by atoms with Crippen LogP contribution in [-0.2, 0) is 15.8 Å². The number of furan rings is 1. The van der Waals surface area contributed by atoms with E-state index >= 15 is 0 Å². The van der Waals surface area contributed by atoms with Crippen molar-refractivity contribution >= 4 is 39.5 Å². The number of anilines is 1. The van der Waals surface area contributed by atoms with E-state index in [1.807, 2.05) is 18.2 Å². The molecular weight excluding hydrogens is 488 g/mol. The standard InChI is InChI=1S/C26H20N2O5S.C3H8/c1-3-17-5-4-6-22-24(17)16(2)25(33-22)26(31)28-20-11-7-18(8-12-20)19-9-13-21(14-10-19)34(32)27-15-23(29)30;1-3-2/h1,4-14,27H,15H2,2H3,(H,28,31)(H,29,30);3H2,1-2H3. The lowest BCUT2D eigenvalue weighted by molar-refractivity contribution is -0.135. The third kappa shape index (κ3) is 6.73. The van der Waals surface area contributed by atoms with Crippen LogP contribution < -0.4 is 10.0 Å². The zero-order valence-corrected chi connectivity index (χ0v) is 21.6. The monoisotopic (exact) mass is 516 g/mol. The van der Waals surface area contributed by atoms with Crippen molar-refractivity contribution < 1.29 is 23.3 Å². The van der Waals surface area contributed by atoms with Gasteiger partial charge in [0.15, 0.2) is 5.76 Å². The Labute approximate surface area is 218 Å². The van der Waals surface area contributed by atoms with Crippen LogP contribution in [0.2, 0.25) is 0 Å². The molecule has 0 aliphatic carbocycles. The average Bonchev–Trinajstić information content (AvgIpc) is 3.25. The zero-order chi connectivity index (χ0) is 26.9. The minimum absolute atomic E-state index is 0.210. The summed E-state index contributed by atoms with van der Waals surface area (Å²) in [6, 6.07) is 19.6. The van der Waals surface area contributed by atoms with Crippen LogP contribution in [0.5, 0.6) is 0 Å². The molecule has 1 atom stereocenters. The van der Waals surface area contributed by atoms with Gasteiger partial charge in [0.2, 0.25) is 0 Å². The molecule has 8 heteroatoms. The van der Waals surface area contributed by atoms with Crippen molar-refractivity contribution in [3.63, 3.8) is 0 Å². The molecule has 0 saturated heterocycles. The number of nitrogens with one attached hydrogen (secondary N) is 2. The smallest absolute Gasteiger partial charge is 0.318 e. The van der Waals surface area contributed by atoms with Crippen molar-refractivity contribution in [3.05, 3.63) is 83.6 Å². The summed E-state index contributed by atoms with van der Waals surface area (Å²) >= 11 is 0. The first kappa shape index (κ1) is 27.4. The lowest BCUT2D eigenvalue weighted by Crippen LogP contribution is -2.24. The van der Waals surface area contributed by atoms with E-state index in [-0.39, 0.29) is 18.2 Å². The summed E-state index contributed by atoms with van der Waals surface area (Å²) in [5.41, 5.74) is 4.30. The lowest BCUT2D eigenvalue weighted by atomic mass is 10.1. The van der Waals surface area contributed by atoms with Crippen LogP contribution in [0.1, 0.15) is 41.9 Å². The number of carbonyl (C=O) groups excluding carboxylic acids is 1. The number of carboxylic acids is 1. The van der Waals surface area contributed by atoms with Gasteiger partial charge in [-0.3, -0.25) is 9.59 Å². The Hall–Kier alpha value is -4.19. The van der Waals surface area contributed by atoms with Crippen molar-refractivity contribution in [2.75, 3.05) is 11.9 Å². The van der Waals surface area contributed by atoms with Gasteiger partial charge in [0.25, 0.3) is 5.91 Å². The number of carboxylic acid groups (broad SMARTS) is 1. The molecule has 3 N–H and O–H groups in total. The maximum absolute atomic E-state index is 12.8. The molecule has 0 saturated carbocycles. The van der Waals surface area contributed by atoms with Crippen LogP contribution in [-0.4, -0.2) is 27.7 Å². The molecule has 7 nitrogen and oxygen atoms in total. The number of amides is 1. The summed E-state index contributed by atoms with van der Waals surface area (Å²) in [6.07, 6.45) is 6.82. The molecule has 0 aliphatic heterocycles. The zero-order valence-electron chi connectivity index (χ0n) is 20.8. The fourth-order valence-electron chi connectivity index (χ4n) is 3.56. The van der Waals surface area contributed by atoms with Crippen molar-refractivity contribution in [1.82, 2.24) is 4.72 Å². The van der Waals surface area contributed by atoms with Crippen molar-refractivity contribution in [2.24, 2.45) is 0 Å². The molecule has 1 unspecified atom stereocenters. The predicted molar refractivity (Wildman–Crippen MR) is 147 cm³/mol. The summed E-state index contributed by atoms with van der Waals surface area (Å²) in [6.45, 7) is 5.67. The Bertz CT molecular complexity index is 1470. The van der Waals surface area contributed by atoms with Crippen LogP contribution in [0.25, 0.3) is 22.1 Å². The number of rotatable bonds is 7. The third-order valence-corrected chi connectivity index (χ3v) is 6.32. The maximum Gasteiger partial charge on any atom is 0.318 e. The summed E-state index contributed by atoms with van der Waals surface area (Å²) in [4.78, 5) is 23.9. The van der Waals surface area contributed by atoms with Gasteiger partial charge in [-0.25, -0.2) is 8.93 Å². The molecule has 0 fully saturated rings. The average molecular weight is 517 g/mol. The molecule has 37 heavy (non-hydrogen) atoms. The topological polar surface area (TPSA) is 109 Å². The molecule has 0 spiro atoms. The highest BCUT2D eigenvalue weighted by molar-refractivity contribution is 7.83. The number of hydrogen-bond donors (Lipinski definition) is 3. The number of carbonyl (C=O) groups is 2. The number of aryl methyl sites for hydroxylation is 1. The Morgan fingerprint density at radius 3 is 2.16 bits per heavy atom. The molecule has 0 bridgehead atoms. The van der Waals surface area contributed by atoms with E-state index in [9.17, 15) is 13.8 Å². The normalized spacial score (nSPS) is 11.2. The Morgan fingerprint density at radius 2 is 1.59 bits per heavy atom. The summed E-state index contributed by atoms with van der Waals surface area (Å²) in [5.74, 6) is 1.38. The minimum atomic E-state index is -1.61. The van der Waals surface area contributed by atoms with Crippen LogP contribution in [0.4, 0.5) is 5.69 Å². The van der Waals surface area contributed by atoms with Crippen molar-refractivity contribution in [3.8, 4) is 23.5 Å². The third-order valence-electron chi connectivity index (χ3n) is 5.21. The number of aliphatic carboxylic acids is 1. The van der Waals surface area contributed by atoms with Gasteiger partial charge in [0.1, 0.15) is 23.1 Å². The Morgan fingerprint density at radius 1 is 1.00 bits per heavy atom. The van der Waals surface area contributed by atoms with Gasteiger partial charge in [0.05, 0.1) is 4.90 Å². The van der Waals surface area contributed by atoms with Gasteiger partial charge in [-0.05, 0) is 54.4 Å². The quantitative estimate of drug-likeness (QED) is 0.271. The Balaban J connectivity index is 0.00000121. The summed E-state index contributed by atoms with van der Waals surface area (Å²) < 4.78 is 20.2. The van der Waals surface area contributed by atoms with Crippen LogP contribution in [0, 0.1) is 19.3 Å². The fourth-order valence-corrected chi connectivity index (χ4v) is 4.36. The molecule has 0 radical (unpaired) electrons. The highest BCUT2D eigenvalue weighted by Crippen LogP contribution is 2.29. The molecule has 1 aromatic heterocycles. The van der Waals surface area contributed by atoms with Gasteiger partial charge in [-0.1, -0.05) is 56.5 Å². The molecule has 1 amide bonds. The number of terminal acetylenes is 1. The van der Waals surface area contributed by atoms with Crippen LogP contribution >= 0.6 is 0 Å². The van der Waals surface area contributed by atoms with Crippen molar-refractivity contribution in [2.45, 2.75) is 32.1 Å². The van der Waals surface area contributed by atoms with E-state index in [1.165, 1.54) is 6.42 Å². The second kappa shape index (κ2) is 12.7. The minimum Gasteiger partial charge on any atom is -0.480 e. The Kier molecular flexibility index (Phi) is 9.39. The molecule has 4 aromatic rings. The molecule has 190 valence electrons. The van der Waals surface area contributed by atoms with Gasteiger partial charge in [-0.15, -0.1) is 6.42 Å². The van der Waals surface area contributed by atoms with E-state index in [0.717, 1.165) is 16.5 Å². The van der Waals surface area contributed by atoms with Gasteiger partial charge in [0, 0.05) is 22.2 Å².